The summed E-state index contributed by atoms with van der Waals surface area (Å²) in [4.78, 5) is 23.6. The van der Waals surface area contributed by atoms with Gasteiger partial charge in [-0.15, -0.1) is 0 Å². The summed E-state index contributed by atoms with van der Waals surface area (Å²) in [5, 5.41) is 9.77. The number of aromatic nitrogens is 1. The summed E-state index contributed by atoms with van der Waals surface area (Å²) in [5.74, 6) is -1.16. The quantitative estimate of drug-likeness (QED) is 0.723. The molecule has 0 amide bonds. The molecule has 4 nitrogen and oxygen atoms in total. The summed E-state index contributed by atoms with van der Waals surface area (Å²) in [5.41, 5.74) is 0.254. The van der Waals surface area contributed by atoms with Crippen molar-refractivity contribution in [2.24, 2.45) is 0 Å². The average Bonchev–Trinajstić information content (AvgIpc) is 2.54. The third kappa shape index (κ3) is 4.01. The van der Waals surface area contributed by atoms with Crippen molar-refractivity contribution in [1.29, 1.82) is 0 Å². The number of para-hydroxylation sites is 1. The number of nitrogens with zero attached hydrogens (tertiary/aromatic N) is 1. The fraction of sp³-hybridized carbons (Fsp3) is 0.474. The molecule has 2 rings (SSSR count). The molecule has 0 aliphatic heterocycles. The van der Waals surface area contributed by atoms with Gasteiger partial charge in [-0.2, -0.15) is 0 Å². The topological polar surface area (TPSA) is 59.3 Å². The molecule has 1 atom stereocenters. The summed E-state index contributed by atoms with van der Waals surface area (Å²) < 4.78 is 1.94. The van der Waals surface area contributed by atoms with Crippen molar-refractivity contribution < 1.29 is 9.90 Å². The van der Waals surface area contributed by atoms with Crippen LogP contribution < -0.4 is 5.43 Å². The molecule has 0 saturated carbocycles. The molecule has 0 spiro atoms. The van der Waals surface area contributed by atoms with Crippen LogP contribution in [0.15, 0.2) is 35.3 Å². The molecule has 1 N–H and O–H groups in total. The number of aromatic carboxylic acids is 1. The zero-order valence-corrected chi connectivity index (χ0v) is 13.9. The predicted molar refractivity (Wildman–Crippen MR) is 93.3 cm³/mol. The summed E-state index contributed by atoms with van der Waals surface area (Å²) in [6, 6.07) is 7.41. The number of carbonyl (C=O) groups is 1. The van der Waals surface area contributed by atoms with E-state index in [0.717, 1.165) is 18.4 Å². The molecule has 0 aliphatic carbocycles. The second-order valence-corrected chi connectivity index (χ2v) is 6.15. The van der Waals surface area contributed by atoms with E-state index in [1.807, 2.05) is 16.7 Å². The first-order chi connectivity index (χ1) is 11.1. The van der Waals surface area contributed by atoms with Crippen LogP contribution in [0.2, 0.25) is 0 Å². The number of hydrogen-bond donors (Lipinski definition) is 1. The van der Waals surface area contributed by atoms with Gasteiger partial charge in [-0.05, 0) is 25.5 Å². The lowest BCUT2D eigenvalue weighted by molar-refractivity contribution is 0.0694. The van der Waals surface area contributed by atoms with Crippen LogP contribution in [0.25, 0.3) is 10.9 Å². The van der Waals surface area contributed by atoms with E-state index in [4.69, 9.17) is 0 Å². The van der Waals surface area contributed by atoms with Crippen LogP contribution in [0.4, 0.5) is 0 Å². The van der Waals surface area contributed by atoms with Gasteiger partial charge in [0.15, 0.2) is 0 Å². The fourth-order valence-electron chi connectivity index (χ4n) is 3.00. The van der Waals surface area contributed by atoms with Crippen LogP contribution in [0, 0.1) is 0 Å². The molecule has 1 aromatic carbocycles. The number of pyridine rings is 1. The van der Waals surface area contributed by atoms with E-state index in [1.165, 1.54) is 31.9 Å². The van der Waals surface area contributed by atoms with E-state index in [-0.39, 0.29) is 11.6 Å². The highest BCUT2D eigenvalue weighted by Gasteiger charge is 2.16. The number of unbranched alkanes of at least 4 members (excludes halogenated alkanes) is 4. The highest BCUT2D eigenvalue weighted by molar-refractivity contribution is 5.92. The Balaban J connectivity index is 2.30. The predicted octanol–water partition coefficient (Wildman–Crippen LogP) is 4.62. The Labute approximate surface area is 136 Å². The van der Waals surface area contributed by atoms with Crippen LogP contribution in [0.3, 0.4) is 0 Å². The third-order valence-electron chi connectivity index (χ3n) is 4.37. The number of benzene rings is 1. The van der Waals surface area contributed by atoms with Crippen LogP contribution in [-0.2, 0) is 0 Å². The van der Waals surface area contributed by atoms with Gasteiger partial charge < -0.3 is 9.67 Å². The monoisotopic (exact) mass is 315 g/mol. The minimum Gasteiger partial charge on any atom is -0.477 e. The summed E-state index contributed by atoms with van der Waals surface area (Å²) >= 11 is 0. The molecular weight excluding hydrogens is 290 g/mol. The van der Waals surface area contributed by atoms with Gasteiger partial charge in [0.25, 0.3) is 0 Å². The Morgan fingerprint density at radius 1 is 1.17 bits per heavy atom. The van der Waals surface area contributed by atoms with Crippen molar-refractivity contribution >= 4 is 16.9 Å². The molecule has 0 saturated heterocycles. The second kappa shape index (κ2) is 7.95. The SMILES string of the molecule is CCCCCCCC(C)n1cc(C(=O)O)c(=O)c2ccccc21. The molecule has 4 heteroatoms. The van der Waals surface area contributed by atoms with Gasteiger partial charge in [-0.3, -0.25) is 4.79 Å². The lowest BCUT2D eigenvalue weighted by atomic mass is 10.1. The lowest BCUT2D eigenvalue weighted by Crippen LogP contribution is -2.20. The van der Waals surface area contributed by atoms with Gasteiger partial charge in [0.2, 0.25) is 5.43 Å². The molecule has 1 unspecified atom stereocenters. The Kier molecular flexibility index (Phi) is 5.97. The van der Waals surface area contributed by atoms with Gasteiger partial charge in [-0.25, -0.2) is 4.79 Å². The summed E-state index contributed by atoms with van der Waals surface area (Å²) in [6.45, 7) is 4.28. The molecule has 124 valence electrons. The van der Waals surface area contributed by atoms with Crippen molar-refractivity contribution in [1.82, 2.24) is 4.57 Å². The van der Waals surface area contributed by atoms with E-state index in [2.05, 4.69) is 13.8 Å². The molecule has 0 aliphatic rings. The van der Waals surface area contributed by atoms with Crippen LogP contribution in [0.5, 0.6) is 0 Å². The summed E-state index contributed by atoms with van der Waals surface area (Å²) in [7, 11) is 0. The zero-order chi connectivity index (χ0) is 16.8. The first-order valence-electron chi connectivity index (χ1n) is 8.43. The Morgan fingerprint density at radius 3 is 2.57 bits per heavy atom. The van der Waals surface area contributed by atoms with E-state index >= 15 is 0 Å². The Morgan fingerprint density at radius 2 is 1.87 bits per heavy atom. The smallest absolute Gasteiger partial charge is 0.341 e. The minimum atomic E-state index is -1.16. The zero-order valence-electron chi connectivity index (χ0n) is 13.9. The maximum Gasteiger partial charge on any atom is 0.341 e. The number of fused-ring (bicyclic) bond motifs is 1. The first-order valence-corrected chi connectivity index (χ1v) is 8.43. The molecule has 0 bridgehead atoms. The van der Waals surface area contributed by atoms with Gasteiger partial charge >= 0.3 is 5.97 Å². The first kappa shape index (κ1) is 17.3. The van der Waals surface area contributed by atoms with E-state index in [1.54, 1.807) is 12.1 Å². The molecule has 1 heterocycles. The van der Waals surface area contributed by atoms with E-state index in [9.17, 15) is 14.7 Å². The molecule has 0 fully saturated rings. The number of carboxylic acids is 1. The van der Waals surface area contributed by atoms with Gasteiger partial charge in [0.05, 0.1) is 5.52 Å². The van der Waals surface area contributed by atoms with Crippen molar-refractivity contribution in [3.8, 4) is 0 Å². The maximum absolute atomic E-state index is 12.3. The lowest BCUT2D eigenvalue weighted by Gasteiger charge is -2.19. The van der Waals surface area contributed by atoms with Crippen molar-refractivity contribution in [3.63, 3.8) is 0 Å². The standard InChI is InChI=1S/C19H25NO3/c1-3-4-5-6-7-10-14(2)20-13-16(19(22)23)18(21)15-11-8-9-12-17(15)20/h8-9,11-14H,3-7,10H2,1-2H3,(H,22,23). The molecule has 23 heavy (non-hydrogen) atoms. The molecule has 1 aromatic heterocycles. The molecule has 0 radical (unpaired) electrons. The third-order valence-corrected chi connectivity index (χ3v) is 4.37. The van der Waals surface area contributed by atoms with Gasteiger partial charge in [-0.1, -0.05) is 51.2 Å². The number of hydrogen-bond acceptors (Lipinski definition) is 2. The number of rotatable bonds is 8. The Hall–Kier alpha value is -2.10. The maximum atomic E-state index is 12.3. The minimum absolute atomic E-state index is 0.151. The van der Waals surface area contributed by atoms with Gasteiger partial charge in [0.1, 0.15) is 5.56 Å². The van der Waals surface area contributed by atoms with E-state index < -0.39 is 11.4 Å². The highest BCUT2D eigenvalue weighted by atomic mass is 16.4. The van der Waals surface area contributed by atoms with Crippen molar-refractivity contribution in [3.05, 3.63) is 46.2 Å². The van der Waals surface area contributed by atoms with Crippen LogP contribution in [0.1, 0.15) is 68.8 Å². The Bertz CT molecular complexity index is 733. The van der Waals surface area contributed by atoms with Crippen LogP contribution in [-0.4, -0.2) is 15.6 Å². The van der Waals surface area contributed by atoms with Gasteiger partial charge in [0, 0.05) is 17.6 Å². The fourth-order valence-corrected chi connectivity index (χ4v) is 3.00. The van der Waals surface area contributed by atoms with Crippen LogP contribution >= 0.6 is 0 Å². The normalized spacial score (nSPS) is 12.4. The van der Waals surface area contributed by atoms with Crippen molar-refractivity contribution in [2.75, 3.05) is 0 Å². The molecule has 2 aromatic rings. The largest absolute Gasteiger partial charge is 0.477 e. The van der Waals surface area contributed by atoms with E-state index in [0.29, 0.717) is 5.39 Å². The average molecular weight is 315 g/mol. The highest BCUT2D eigenvalue weighted by Crippen LogP contribution is 2.21. The molecular formula is C19H25NO3. The second-order valence-electron chi connectivity index (χ2n) is 6.15. The van der Waals surface area contributed by atoms with Crippen molar-refractivity contribution in [2.45, 2.75) is 58.4 Å². The number of carboxylic acid groups (broad SMARTS) is 1. The summed E-state index contributed by atoms with van der Waals surface area (Å²) in [6.07, 6.45) is 8.53.